The van der Waals surface area contributed by atoms with Crippen LogP contribution in [0.3, 0.4) is 0 Å². The summed E-state index contributed by atoms with van der Waals surface area (Å²) in [6.07, 6.45) is 1.20. The molecule has 0 aromatic heterocycles. The molecule has 36 heavy (non-hydrogen) atoms. The lowest BCUT2D eigenvalue weighted by Gasteiger charge is -2.38. The molecule has 3 aromatic rings. The molecule has 1 saturated heterocycles. The molecule has 2 amide bonds. The lowest BCUT2D eigenvalue weighted by Crippen LogP contribution is -2.60. The fourth-order valence-electron chi connectivity index (χ4n) is 4.46. The van der Waals surface area contributed by atoms with Crippen LogP contribution < -0.4 is 11.1 Å². The van der Waals surface area contributed by atoms with Crippen LogP contribution in [0.2, 0.25) is 0 Å². The summed E-state index contributed by atoms with van der Waals surface area (Å²) in [5, 5.41) is 13.6. The number of azo groups is 1. The first-order chi connectivity index (χ1) is 17.2. The van der Waals surface area contributed by atoms with E-state index in [4.69, 9.17) is 10.5 Å². The third-order valence-electron chi connectivity index (χ3n) is 6.31. The highest BCUT2D eigenvalue weighted by atomic mass is 16.5. The van der Waals surface area contributed by atoms with Crippen molar-refractivity contribution in [2.45, 2.75) is 44.8 Å². The molecule has 3 aromatic carbocycles. The van der Waals surface area contributed by atoms with E-state index < -0.39 is 11.1 Å². The van der Waals surface area contributed by atoms with Crippen molar-refractivity contribution in [1.29, 1.82) is 0 Å². The summed E-state index contributed by atoms with van der Waals surface area (Å²) >= 11 is 0. The van der Waals surface area contributed by atoms with E-state index in [1.54, 1.807) is 4.90 Å². The van der Waals surface area contributed by atoms with Gasteiger partial charge < -0.3 is 20.7 Å². The maximum atomic E-state index is 13.9. The Balaban J connectivity index is 1.67. The van der Waals surface area contributed by atoms with Crippen LogP contribution in [0.5, 0.6) is 0 Å². The van der Waals surface area contributed by atoms with Crippen LogP contribution in [0.1, 0.15) is 33.6 Å². The third-order valence-corrected chi connectivity index (χ3v) is 6.31. The van der Waals surface area contributed by atoms with Crippen LogP contribution in [0.25, 0.3) is 10.8 Å². The van der Waals surface area contributed by atoms with E-state index in [1.165, 1.54) is 0 Å². The number of nitrogens with one attached hydrogen (secondary N) is 1. The van der Waals surface area contributed by atoms with Gasteiger partial charge in [0, 0.05) is 23.0 Å². The summed E-state index contributed by atoms with van der Waals surface area (Å²) in [5.41, 5.74) is 6.18. The van der Waals surface area contributed by atoms with Gasteiger partial charge in [0.2, 0.25) is 5.91 Å². The average molecular weight is 488 g/mol. The van der Waals surface area contributed by atoms with E-state index in [2.05, 4.69) is 15.5 Å². The molecule has 1 fully saturated rings. The lowest BCUT2D eigenvalue weighted by molar-refractivity contribution is -0.149. The topological polar surface area (TPSA) is 109 Å². The summed E-state index contributed by atoms with van der Waals surface area (Å²) in [4.78, 5) is 28.1. The van der Waals surface area contributed by atoms with Crippen LogP contribution in [-0.2, 0) is 14.3 Å². The van der Waals surface area contributed by atoms with Gasteiger partial charge in [-0.05, 0) is 57.9 Å². The first-order valence-electron chi connectivity index (χ1n) is 12.2. The molecule has 1 heterocycles. The Labute approximate surface area is 211 Å². The number of nitrogens with two attached hydrogens (primary N) is 1. The normalized spacial score (nSPS) is 18.2. The Hall–Kier alpha value is -3.62. The highest BCUT2D eigenvalue weighted by molar-refractivity contribution is 6.09. The van der Waals surface area contributed by atoms with Crippen molar-refractivity contribution in [3.05, 3.63) is 66.7 Å². The Morgan fingerprint density at radius 1 is 1.00 bits per heavy atom. The fraction of sp³-hybridized carbons (Fsp3) is 0.357. The zero-order chi connectivity index (χ0) is 25.8. The van der Waals surface area contributed by atoms with Gasteiger partial charge in [0.1, 0.15) is 5.54 Å². The molecular weight excluding hydrogens is 454 g/mol. The second kappa shape index (κ2) is 10.6. The minimum atomic E-state index is -1.13. The number of hydrogen-bond acceptors (Lipinski definition) is 6. The largest absolute Gasteiger partial charge is 0.373 e. The summed E-state index contributed by atoms with van der Waals surface area (Å²) in [7, 11) is 0. The predicted octanol–water partition coefficient (Wildman–Crippen LogP) is 5.33. The van der Waals surface area contributed by atoms with Crippen LogP contribution >= 0.6 is 0 Å². The van der Waals surface area contributed by atoms with Crippen molar-refractivity contribution in [2.24, 2.45) is 16.0 Å². The van der Waals surface area contributed by atoms with E-state index in [-0.39, 0.29) is 25.0 Å². The first-order valence-corrected chi connectivity index (χ1v) is 12.2. The Morgan fingerprint density at radius 3 is 2.39 bits per heavy atom. The molecule has 1 aliphatic rings. The van der Waals surface area contributed by atoms with E-state index in [9.17, 15) is 9.59 Å². The first kappa shape index (κ1) is 25.5. The van der Waals surface area contributed by atoms with Crippen molar-refractivity contribution in [3.63, 3.8) is 0 Å². The molecule has 0 radical (unpaired) electrons. The SMILES string of the molecule is CC(C)(C)OC[C@@]1(C(=O)Nc2ccc(N=Nc3ccccc3)c3ccccc23)CCCN1C(=O)CN. The smallest absolute Gasteiger partial charge is 0.252 e. The van der Waals surface area contributed by atoms with Gasteiger partial charge in [-0.1, -0.05) is 42.5 Å². The molecule has 8 heteroatoms. The molecule has 4 rings (SSSR count). The summed E-state index contributed by atoms with van der Waals surface area (Å²) in [6, 6.07) is 20.9. The third kappa shape index (κ3) is 5.45. The van der Waals surface area contributed by atoms with Crippen LogP contribution in [-0.4, -0.2) is 47.6 Å². The minimum absolute atomic E-state index is 0.0926. The summed E-state index contributed by atoms with van der Waals surface area (Å²) < 4.78 is 6.06. The summed E-state index contributed by atoms with van der Waals surface area (Å²) in [5.74, 6) is -0.545. The predicted molar refractivity (Wildman–Crippen MR) is 142 cm³/mol. The number of anilines is 1. The number of hydrogen-bond donors (Lipinski definition) is 2. The maximum Gasteiger partial charge on any atom is 0.252 e. The second-order valence-electron chi connectivity index (χ2n) is 9.95. The molecule has 0 spiro atoms. The van der Waals surface area contributed by atoms with Crippen LogP contribution in [0, 0.1) is 0 Å². The average Bonchev–Trinajstić information content (AvgIpc) is 3.32. The molecular formula is C28H33N5O3. The number of nitrogens with zero attached hydrogens (tertiary/aromatic N) is 3. The van der Waals surface area contributed by atoms with Crippen molar-refractivity contribution in [3.8, 4) is 0 Å². The van der Waals surface area contributed by atoms with Crippen molar-refractivity contribution in [2.75, 3.05) is 25.0 Å². The zero-order valence-electron chi connectivity index (χ0n) is 21.0. The number of fused-ring (bicyclic) bond motifs is 1. The van der Waals surface area contributed by atoms with Gasteiger partial charge in [-0.15, -0.1) is 5.11 Å². The number of carbonyl (C=O) groups is 2. The fourth-order valence-corrected chi connectivity index (χ4v) is 4.46. The highest BCUT2D eigenvalue weighted by Gasteiger charge is 2.50. The van der Waals surface area contributed by atoms with Crippen LogP contribution in [0.4, 0.5) is 17.1 Å². The molecule has 0 bridgehead atoms. The maximum absolute atomic E-state index is 13.9. The molecule has 1 aliphatic heterocycles. The number of likely N-dealkylation sites (tertiary alicyclic amines) is 1. The van der Waals surface area contributed by atoms with Crippen molar-refractivity contribution < 1.29 is 14.3 Å². The summed E-state index contributed by atoms with van der Waals surface area (Å²) in [6.45, 7) is 6.19. The molecule has 8 nitrogen and oxygen atoms in total. The van der Waals surface area contributed by atoms with E-state index in [0.29, 0.717) is 30.8 Å². The quantitative estimate of drug-likeness (QED) is 0.439. The van der Waals surface area contributed by atoms with Crippen LogP contribution in [0.15, 0.2) is 77.0 Å². The number of carbonyl (C=O) groups excluding carboxylic acids is 2. The van der Waals surface area contributed by atoms with Gasteiger partial charge in [-0.25, -0.2) is 0 Å². The Kier molecular flexibility index (Phi) is 7.47. The van der Waals surface area contributed by atoms with E-state index in [0.717, 1.165) is 16.5 Å². The van der Waals surface area contributed by atoms with Crippen molar-refractivity contribution >= 4 is 39.6 Å². The molecule has 0 saturated carbocycles. The molecule has 188 valence electrons. The zero-order valence-corrected chi connectivity index (χ0v) is 21.0. The molecule has 0 unspecified atom stereocenters. The Morgan fingerprint density at radius 2 is 1.69 bits per heavy atom. The van der Waals surface area contributed by atoms with Gasteiger partial charge >= 0.3 is 0 Å². The number of amides is 2. The minimum Gasteiger partial charge on any atom is -0.373 e. The van der Waals surface area contributed by atoms with Gasteiger partial charge in [-0.3, -0.25) is 9.59 Å². The molecule has 1 atom stereocenters. The lowest BCUT2D eigenvalue weighted by atomic mass is 9.94. The van der Waals surface area contributed by atoms with E-state index >= 15 is 0 Å². The van der Waals surface area contributed by atoms with E-state index in [1.807, 2.05) is 87.5 Å². The van der Waals surface area contributed by atoms with Gasteiger partial charge in [-0.2, -0.15) is 5.11 Å². The molecule has 0 aliphatic carbocycles. The number of rotatable bonds is 7. The van der Waals surface area contributed by atoms with Crippen molar-refractivity contribution in [1.82, 2.24) is 4.90 Å². The van der Waals surface area contributed by atoms with Gasteiger partial charge in [0.05, 0.1) is 30.1 Å². The Bertz CT molecular complexity index is 1270. The standard InChI is InChI=1S/C28H33N5O3/c1-27(2,3)36-19-28(16-9-17-33(28)25(34)18-29)26(35)30-23-14-15-24(22-13-8-7-12-21(22)23)32-31-20-10-5-4-6-11-20/h4-8,10-15H,9,16-19,29H2,1-3H3,(H,30,35)/t28-/m1/s1. The monoisotopic (exact) mass is 487 g/mol. The van der Waals surface area contributed by atoms with Gasteiger partial charge in [0.25, 0.3) is 5.91 Å². The molecule has 3 N–H and O–H groups in total. The number of benzene rings is 3. The van der Waals surface area contributed by atoms with Gasteiger partial charge in [0.15, 0.2) is 0 Å². The number of ether oxygens (including phenoxy) is 1. The highest BCUT2D eigenvalue weighted by Crippen LogP contribution is 2.36. The second-order valence-corrected chi connectivity index (χ2v) is 9.95.